The lowest BCUT2D eigenvalue weighted by Crippen LogP contribution is -2.57. The minimum atomic E-state index is -1.18. The second-order valence-corrected chi connectivity index (χ2v) is 8.46. The first-order valence-corrected chi connectivity index (χ1v) is 10.9. The number of carboxylic acid groups (broad SMARTS) is 1. The number of nitrogens with one attached hydrogen (secondary N) is 3. The summed E-state index contributed by atoms with van der Waals surface area (Å²) in [7, 11) is 0. The number of hydrogen-bond donors (Lipinski definition) is 5. The number of nitrogens with two attached hydrogens (primary N) is 1. The summed E-state index contributed by atoms with van der Waals surface area (Å²) >= 11 is 0. The largest absolute Gasteiger partial charge is 0.480 e. The first-order valence-electron chi connectivity index (χ1n) is 10.9. The van der Waals surface area contributed by atoms with Crippen molar-refractivity contribution in [2.24, 2.45) is 17.6 Å². The molecule has 0 aliphatic rings. The van der Waals surface area contributed by atoms with Gasteiger partial charge in [0.05, 0.1) is 6.04 Å². The van der Waals surface area contributed by atoms with E-state index in [1.807, 2.05) is 58.0 Å². The summed E-state index contributed by atoms with van der Waals surface area (Å²) in [6.45, 7) is 7.02. The Morgan fingerprint density at radius 1 is 0.938 bits per heavy atom. The topological polar surface area (TPSA) is 151 Å². The zero-order valence-electron chi connectivity index (χ0n) is 19.3. The number of benzene rings is 1. The van der Waals surface area contributed by atoms with E-state index < -0.39 is 48.4 Å². The zero-order chi connectivity index (χ0) is 24.3. The average molecular weight is 449 g/mol. The van der Waals surface area contributed by atoms with E-state index in [-0.39, 0.29) is 18.3 Å². The molecule has 0 heterocycles. The van der Waals surface area contributed by atoms with Gasteiger partial charge in [0.15, 0.2) is 0 Å². The summed E-state index contributed by atoms with van der Waals surface area (Å²) in [4.78, 5) is 49.0. The third kappa shape index (κ3) is 9.47. The Labute approximate surface area is 189 Å². The van der Waals surface area contributed by atoms with Crippen LogP contribution in [-0.4, -0.2) is 53.5 Å². The summed E-state index contributed by atoms with van der Waals surface area (Å²) in [6.07, 6.45) is 1.25. The van der Waals surface area contributed by atoms with Crippen molar-refractivity contribution in [3.05, 3.63) is 35.9 Å². The van der Waals surface area contributed by atoms with Crippen molar-refractivity contribution in [3.63, 3.8) is 0 Å². The van der Waals surface area contributed by atoms with Crippen molar-refractivity contribution in [1.29, 1.82) is 0 Å². The molecule has 0 aromatic heterocycles. The molecule has 1 aromatic carbocycles. The lowest BCUT2D eigenvalue weighted by molar-refractivity contribution is -0.138. The Balaban J connectivity index is 3.03. The van der Waals surface area contributed by atoms with Crippen molar-refractivity contribution in [3.8, 4) is 0 Å². The van der Waals surface area contributed by atoms with Crippen molar-refractivity contribution in [1.82, 2.24) is 16.0 Å². The molecule has 9 heteroatoms. The molecule has 4 atom stereocenters. The molecule has 1 aromatic rings. The van der Waals surface area contributed by atoms with Gasteiger partial charge in [-0.1, -0.05) is 64.4 Å². The van der Waals surface area contributed by atoms with Crippen molar-refractivity contribution >= 4 is 23.7 Å². The van der Waals surface area contributed by atoms with Gasteiger partial charge < -0.3 is 26.8 Å². The number of carbonyl (C=O) groups is 4. The maximum absolute atomic E-state index is 13.1. The molecule has 9 nitrogen and oxygen atoms in total. The standard InChI is InChI=1S/C23H36N4O5/c1-5-15(4)20(24)23(32)27-18(12-16-9-7-6-8-10-16)22(31)26-17(11-14(2)3)21(30)25-13-19(28)29/h6-10,14-15,17-18,20H,5,11-13,24H2,1-4H3,(H,25,30)(H,26,31)(H,27,32)(H,28,29). The predicted molar refractivity (Wildman–Crippen MR) is 122 cm³/mol. The van der Waals surface area contributed by atoms with Gasteiger partial charge in [-0.15, -0.1) is 0 Å². The Bertz CT molecular complexity index is 769. The van der Waals surface area contributed by atoms with Crippen LogP contribution in [0.1, 0.15) is 46.1 Å². The fourth-order valence-electron chi connectivity index (χ4n) is 3.10. The van der Waals surface area contributed by atoms with E-state index in [0.717, 1.165) is 5.56 Å². The molecular formula is C23H36N4O5. The van der Waals surface area contributed by atoms with Crippen LogP contribution in [0.5, 0.6) is 0 Å². The van der Waals surface area contributed by atoms with Crippen LogP contribution in [0.3, 0.4) is 0 Å². The van der Waals surface area contributed by atoms with E-state index in [4.69, 9.17) is 10.8 Å². The van der Waals surface area contributed by atoms with Crippen LogP contribution in [-0.2, 0) is 25.6 Å². The molecule has 0 saturated carbocycles. The minimum Gasteiger partial charge on any atom is -0.480 e. The Morgan fingerprint density at radius 3 is 2.06 bits per heavy atom. The van der Waals surface area contributed by atoms with Crippen LogP contribution in [0.15, 0.2) is 30.3 Å². The molecule has 0 radical (unpaired) electrons. The zero-order valence-corrected chi connectivity index (χ0v) is 19.3. The molecule has 0 fully saturated rings. The van der Waals surface area contributed by atoms with Gasteiger partial charge in [-0.3, -0.25) is 19.2 Å². The number of amides is 3. The highest BCUT2D eigenvalue weighted by Crippen LogP contribution is 2.10. The number of carbonyl (C=O) groups excluding carboxylic acids is 3. The highest BCUT2D eigenvalue weighted by Gasteiger charge is 2.30. The first kappa shape index (κ1) is 27.1. The molecule has 0 aliphatic carbocycles. The molecule has 32 heavy (non-hydrogen) atoms. The monoisotopic (exact) mass is 448 g/mol. The van der Waals surface area contributed by atoms with Crippen molar-refractivity contribution in [2.75, 3.05) is 6.54 Å². The second kappa shape index (κ2) is 13.5. The summed E-state index contributed by atoms with van der Waals surface area (Å²) < 4.78 is 0. The fourth-order valence-corrected chi connectivity index (χ4v) is 3.10. The van der Waals surface area contributed by atoms with Gasteiger partial charge in [-0.2, -0.15) is 0 Å². The normalized spacial score (nSPS) is 14.7. The fraction of sp³-hybridized carbons (Fsp3) is 0.565. The lowest BCUT2D eigenvalue weighted by Gasteiger charge is -2.26. The second-order valence-electron chi connectivity index (χ2n) is 8.46. The highest BCUT2D eigenvalue weighted by molar-refractivity contribution is 5.93. The molecule has 4 unspecified atom stereocenters. The van der Waals surface area contributed by atoms with Gasteiger partial charge >= 0.3 is 5.97 Å². The van der Waals surface area contributed by atoms with Gasteiger partial charge in [0.25, 0.3) is 0 Å². The predicted octanol–water partition coefficient (Wildman–Crippen LogP) is 0.819. The van der Waals surface area contributed by atoms with E-state index in [2.05, 4.69) is 16.0 Å². The van der Waals surface area contributed by atoms with Crippen LogP contribution in [0.2, 0.25) is 0 Å². The van der Waals surface area contributed by atoms with Gasteiger partial charge in [0.2, 0.25) is 17.7 Å². The maximum atomic E-state index is 13.1. The quantitative estimate of drug-likeness (QED) is 0.301. The third-order valence-corrected chi connectivity index (χ3v) is 5.23. The SMILES string of the molecule is CCC(C)C(N)C(=O)NC(Cc1ccccc1)C(=O)NC(CC(C)C)C(=O)NCC(=O)O. The van der Waals surface area contributed by atoms with Crippen LogP contribution in [0, 0.1) is 11.8 Å². The maximum Gasteiger partial charge on any atom is 0.322 e. The smallest absolute Gasteiger partial charge is 0.322 e. The molecule has 0 aliphatic heterocycles. The van der Waals surface area contributed by atoms with Crippen molar-refractivity contribution < 1.29 is 24.3 Å². The molecule has 3 amide bonds. The van der Waals surface area contributed by atoms with Crippen LogP contribution < -0.4 is 21.7 Å². The molecule has 0 spiro atoms. The van der Waals surface area contributed by atoms with E-state index in [0.29, 0.717) is 12.8 Å². The van der Waals surface area contributed by atoms with Gasteiger partial charge in [-0.25, -0.2) is 0 Å². The number of carboxylic acids is 1. The highest BCUT2D eigenvalue weighted by atomic mass is 16.4. The minimum absolute atomic E-state index is 0.0640. The molecule has 0 bridgehead atoms. The first-order chi connectivity index (χ1) is 15.0. The molecular weight excluding hydrogens is 412 g/mol. The van der Waals surface area contributed by atoms with Crippen molar-refractivity contribution in [2.45, 2.75) is 65.1 Å². The number of rotatable bonds is 13. The Morgan fingerprint density at radius 2 is 1.53 bits per heavy atom. The summed E-state index contributed by atoms with van der Waals surface area (Å²) in [5.74, 6) is -2.74. The summed E-state index contributed by atoms with van der Waals surface area (Å²) in [5.41, 5.74) is 6.87. The summed E-state index contributed by atoms with van der Waals surface area (Å²) in [5, 5.41) is 16.5. The van der Waals surface area contributed by atoms with Gasteiger partial charge in [0.1, 0.15) is 18.6 Å². The van der Waals surface area contributed by atoms with Crippen LogP contribution >= 0.6 is 0 Å². The lowest BCUT2D eigenvalue weighted by atomic mass is 9.98. The van der Waals surface area contributed by atoms with Crippen LogP contribution in [0.25, 0.3) is 0 Å². The molecule has 6 N–H and O–H groups in total. The molecule has 178 valence electrons. The average Bonchev–Trinajstić information content (AvgIpc) is 2.75. The molecule has 0 saturated heterocycles. The number of hydrogen-bond acceptors (Lipinski definition) is 5. The molecule has 1 rings (SSSR count). The van der Waals surface area contributed by atoms with E-state index in [1.54, 1.807) is 0 Å². The Hall–Kier alpha value is -2.94. The van der Waals surface area contributed by atoms with Gasteiger partial charge in [-0.05, 0) is 23.8 Å². The number of aliphatic carboxylic acids is 1. The van der Waals surface area contributed by atoms with Gasteiger partial charge in [0, 0.05) is 6.42 Å². The van der Waals surface area contributed by atoms with E-state index in [9.17, 15) is 19.2 Å². The van der Waals surface area contributed by atoms with Crippen LogP contribution in [0.4, 0.5) is 0 Å². The Kier molecular flexibility index (Phi) is 11.4. The summed E-state index contributed by atoms with van der Waals surface area (Å²) in [6, 6.07) is 6.55. The van der Waals surface area contributed by atoms with E-state index in [1.165, 1.54) is 0 Å². The third-order valence-electron chi connectivity index (χ3n) is 5.23. The van der Waals surface area contributed by atoms with E-state index >= 15 is 0 Å².